The van der Waals surface area contributed by atoms with Gasteiger partial charge in [0.25, 0.3) is 5.91 Å². The molecule has 1 amide bonds. The van der Waals surface area contributed by atoms with Crippen molar-refractivity contribution >= 4 is 5.91 Å². The molecule has 2 rings (SSSR count). The maximum atomic E-state index is 12.3. The highest BCUT2D eigenvalue weighted by Crippen LogP contribution is 2.22. The molecule has 0 bridgehead atoms. The maximum Gasteiger partial charge on any atom is 0.299 e. The van der Waals surface area contributed by atoms with Crippen LogP contribution in [-0.4, -0.2) is 40.1 Å². The van der Waals surface area contributed by atoms with Crippen molar-refractivity contribution < 1.29 is 9.63 Å². The number of nitrogens with zero attached hydrogens (tertiary/aromatic N) is 4. The summed E-state index contributed by atoms with van der Waals surface area (Å²) in [5, 5.41) is 9.33. The van der Waals surface area contributed by atoms with Gasteiger partial charge in [-0.2, -0.15) is 0 Å². The minimum absolute atomic E-state index is 0.102. The summed E-state index contributed by atoms with van der Waals surface area (Å²) in [6.07, 6.45) is 0. The number of hydrogen-bond acceptors (Lipinski definition) is 4. The smallest absolute Gasteiger partial charge is 0.274 e. The van der Waals surface area contributed by atoms with Gasteiger partial charge in [-0.3, -0.25) is 9.63 Å². The Balaban J connectivity index is 2.51. The van der Waals surface area contributed by atoms with Gasteiger partial charge in [-0.05, 0) is 25.0 Å². The molecule has 0 unspecified atom stereocenters. The van der Waals surface area contributed by atoms with Crippen molar-refractivity contribution in [3.8, 4) is 5.69 Å². The van der Waals surface area contributed by atoms with E-state index in [1.54, 1.807) is 11.7 Å². The minimum atomic E-state index is -0.306. The van der Waals surface area contributed by atoms with Crippen LogP contribution in [-0.2, 0) is 4.84 Å². The van der Waals surface area contributed by atoms with Gasteiger partial charge in [-0.1, -0.05) is 36.8 Å². The minimum Gasteiger partial charge on any atom is -0.274 e. The molecule has 0 N–H and O–H groups in total. The Morgan fingerprint density at radius 2 is 1.90 bits per heavy atom. The first kappa shape index (κ1) is 15.2. The van der Waals surface area contributed by atoms with Crippen molar-refractivity contribution in [2.24, 2.45) is 0 Å². The van der Waals surface area contributed by atoms with Crippen LogP contribution in [0.25, 0.3) is 5.69 Å². The summed E-state index contributed by atoms with van der Waals surface area (Å²) in [5.74, 6) is -0.204. The largest absolute Gasteiger partial charge is 0.299 e. The normalized spacial score (nSPS) is 11.0. The van der Waals surface area contributed by atoms with E-state index in [0.717, 1.165) is 16.4 Å². The molecular weight excluding hydrogens is 268 g/mol. The first-order valence-electron chi connectivity index (χ1n) is 6.80. The zero-order chi connectivity index (χ0) is 15.6. The highest BCUT2D eigenvalue weighted by molar-refractivity contribution is 5.92. The molecule has 0 radical (unpaired) electrons. The second-order valence-electron chi connectivity index (χ2n) is 5.21. The average Bonchev–Trinajstić information content (AvgIpc) is 2.91. The number of benzene rings is 1. The van der Waals surface area contributed by atoms with E-state index in [0.29, 0.717) is 5.69 Å². The van der Waals surface area contributed by atoms with Gasteiger partial charge in [-0.15, -0.1) is 5.10 Å². The predicted molar refractivity (Wildman–Crippen MR) is 79.3 cm³/mol. The number of hydrogen-bond donors (Lipinski definition) is 0. The Morgan fingerprint density at radius 3 is 2.43 bits per heavy atom. The van der Waals surface area contributed by atoms with Gasteiger partial charge >= 0.3 is 0 Å². The van der Waals surface area contributed by atoms with Crippen molar-refractivity contribution in [3.05, 3.63) is 41.2 Å². The molecule has 1 aromatic heterocycles. The lowest BCUT2D eigenvalue weighted by molar-refractivity contribution is -0.0761. The first-order valence-corrected chi connectivity index (χ1v) is 6.80. The van der Waals surface area contributed by atoms with Crippen LogP contribution in [0.15, 0.2) is 24.3 Å². The lowest BCUT2D eigenvalue weighted by Gasteiger charge is -2.15. The van der Waals surface area contributed by atoms with E-state index < -0.39 is 0 Å². The molecule has 0 spiro atoms. The predicted octanol–water partition coefficient (Wildman–Crippen LogP) is 2.33. The summed E-state index contributed by atoms with van der Waals surface area (Å²) in [6.45, 7) is 6.04. The third kappa shape index (κ3) is 2.95. The van der Waals surface area contributed by atoms with E-state index >= 15 is 0 Å². The fourth-order valence-electron chi connectivity index (χ4n) is 2.07. The van der Waals surface area contributed by atoms with Crippen molar-refractivity contribution in [2.75, 3.05) is 14.2 Å². The van der Waals surface area contributed by atoms with Gasteiger partial charge in [0.15, 0.2) is 5.69 Å². The number of aromatic nitrogens is 3. The van der Waals surface area contributed by atoms with Gasteiger partial charge in [-0.25, -0.2) is 9.75 Å². The number of carbonyl (C=O) groups is 1. The molecule has 21 heavy (non-hydrogen) atoms. The van der Waals surface area contributed by atoms with Crippen LogP contribution in [0.1, 0.15) is 41.5 Å². The molecule has 1 aromatic carbocycles. The molecule has 2 aromatic rings. The van der Waals surface area contributed by atoms with Gasteiger partial charge < -0.3 is 0 Å². The number of amides is 1. The molecule has 0 aliphatic carbocycles. The van der Waals surface area contributed by atoms with Gasteiger partial charge in [0.05, 0.1) is 18.5 Å². The van der Waals surface area contributed by atoms with E-state index in [1.807, 2.05) is 45.0 Å². The Hall–Kier alpha value is -2.21. The third-order valence-electron chi connectivity index (χ3n) is 3.29. The molecule has 1 heterocycles. The summed E-state index contributed by atoms with van der Waals surface area (Å²) < 4.78 is 1.71. The molecule has 0 fully saturated rings. The lowest BCUT2D eigenvalue weighted by atomic mass is 10.1. The van der Waals surface area contributed by atoms with E-state index in [-0.39, 0.29) is 11.8 Å². The second kappa shape index (κ2) is 6.05. The second-order valence-corrected chi connectivity index (χ2v) is 5.21. The van der Waals surface area contributed by atoms with E-state index in [2.05, 4.69) is 10.3 Å². The summed E-state index contributed by atoms with van der Waals surface area (Å²) in [5.41, 5.74) is 3.14. The van der Waals surface area contributed by atoms with Crippen molar-refractivity contribution in [2.45, 2.75) is 26.7 Å². The summed E-state index contributed by atoms with van der Waals surface area (Å²) in [7, 11) is 2.99. The summed E-state index contributed by atoms with van der Waals surface area (Å²) >= 11 is 0. The van der Waals surface area contributed by atoms with Gasteiger partial charge in [0, 0.05) is 7.05 Å². The molecule has 0 aliphatic heterocycles. The number of carbonyl (C=O) groups excluding carboxylic acids is 1. The molecule has 6 heteroatoms. The molecule has 6 nitrogen and oxygen atoms in total. The Labute approximate surface area is 124 Å². The summed E-state index contributed by atoms with van der Waals surface area (Å²) in [6, 6.07) is 7.93. The van der Waals surface area contributed by atoms with E-state index in [1.165, 1.54) is 12.7 Å². The lowest BCUT2D eigenvalue weighted by Crippen LogP contribution is -2.27. The quantitative estimate of drug-likeness (QED) is 0.810. The average molecular weight is 288 g/mol. The van der Waals surface area contributed by atoms with Crippen LogP contribution in [0.5, 0.6) is 0 Å². The number of hydroxylamine groups is 2. The molecule has 0 atom stereocenters. The van der Waals surface area contributed by atoms with Crippen molar-refractivity contribution in [1.82, 2.24) is 20.1 Å². The molecular formula is C15H20N4O2. The highest BCUT2D eigenvalue weighted by atomic mass is 16.7. The van der Waals surface area contributed by atoms with Crippen LogP contribution in [0.3, 0.4) is 0 Å². The van der Waals surface area contributed by atoms with Crippen LogP contribution in [0.4, 0.5) is 0 Å². The first-order chi connectivity index (χ1) is 9.95. The fraction of sp³-hybridized carbons (Fsp3) is 0.400. The van der Waals surface area contributed by atoms with Crippen LogP contribution in [0.2, 0.25) is 0 Å². The van der Waals surface area contributed by atoms with Crippen LogP contribution in [0, 0.1) is 6.92 Å². The van der Waals surface area contributed by atoms with Gasteiger partial charge in [0.1, 0.15) is 0 Å². The van der Waals surface area contributed by atoms with Crippen LogP contribution < -0.4 is 0 Å². The fourth-order valence-corrected chi connectivity index (χ4v) is 2.07. The van der Waals surface area contributed by atoms with Crippen molar-refractivity contribution in [1.29, 1.82) is 0 Å². The zero-order valence-corrected chi connectivity index (χ0v) is 13.0. The Bertz CT molecular complexity index is 632. The molecule has 112 valence electrons. The topological polar surface area (TPSA) is 60.2 Å². The monoisotopic (exact) mass is 288 g/mol. The zero-order valence-electron chi connectivity index (χ0n) is 13.0. The SMILES string of the molecule is CON(C)C(=O)c1nnn(-c2ccc(C)cc2)c1C(C)C. The third-order valence-corrected chi connectivity index (χ3v) is 3.29. The standard InChI is InChI=1S/C15H20N4O2/c1-10(2)14-13(15(20)18(4)21-5)16-17-19(14)12-8-6-11(3)7-9-12/h6-10H,1-5H3. The number of rotatable bonds is 4. The van der Waals surface area contributed by atoms with E-state index in [9.17, 15) is 4.79 Å². The molecule has 0 saturated heterocycles. The maximum absolute atomic E-state index is 12.3. The Kier molecular flexibility index (Phi) is 4.37. The van der Waals surface area contributed by atoms with Crippen molar-refractivity contribution in [3.63, 3.8) is 0 Å². The summed E-state index contributed by atoms with van der Waals surface area (Å²) in [4.78, 5) is 17.2. The Morgan fingerprint density at radius 1 is 1.29 bits per heavy atom. The van der Waals surface area contributed by atoms with Crippen LogP contribution >= 0.6 is 0 Å². The van der Waals surface area contributed by atoms with E-state index in [4.69, 9.17) is 4.84 Å². The highest BCUT2D eigenvalue weighted by Gasteiger charge is 2.25. The molecule has 0 saturated carbocycles. The number of aryl methyl sites for hydroxylation is 1. The molecule has 0 aliphatic rings. The van der Waals surface area contributed by atoms with Gasteiger partial charge in [0.2, 0.25) is 0 Å².